The maximum absolute atomic E-state index is 12.4. The van der Waals surface area contributed by atoms with E-state index >= 15 is 0 Å². The number of hydrogen-bond donors (Lipinski definition) is 2. The van der Waals surface area contributed by atoms with Crippen LogP contribution >= 0.6 is 0 Å². The van der Waals surface area contributed by atoms with Gasteiger partial charge < -0.3 is 10.6 Å². The van der Waals surface area contributed by atoms with Crippen molar-refractivity contribution in [2.75, 3.05) is 32.7 Å². The molecule has 1 amide bonds. The molecular formula is C17H31N3O. The van der Waals surface area contributed by atoms with Crippen molar-refractivity contribution in [2.24, 2.45) is 17.3 Å². The third-order valence-electron chi connectivity index (χ3n) is 6.27. The zero-order valence-electron chi connectivity index (χ0n) is 13.7. The lowest BCUT2D eigenvalue weighted by molar-refractivity contribution is -0.123. The Morgan fingerprint density at radius 3 is 2.95 bits per heavy atom. The number of carbonyl (C=O) groups is 1. The topological polar surface area (TPSA) is 44.4 Å². The van der Waals surface area contributed by atoms with Crippen molar-refractivity contribution in [1.29, 1.82) is 0 Å². The van der Waals surface area contributed by atoms with Crippen molar-refractivity contribution >= 4 is 5.91 Å². The van der Waals surface area contributed by atoms with Crippen LogP contribution in [0.5, 0.6) is 0 Å². The Kier molecular flexibility index (Phi) is 4.55. The molecule has 1 aliphatic carbocycles. The number of nitrogens with one attached hydrogen (secondary N) is 2. The van der Waals surface area contributed by atoms with Gasteiger partial charge in [0, 0.05) is 19.1 Å². The molecule has 3 aliphatic rings. The van der Waals surface area contributed by atoms with Gasteiger partial charge >= 0.3 is 0 Å². The van der Waals surface area contributed by atoms with Crippen LogP contribution in [0.1, 0.15) is 46.0 Å². The first kappa shape index (κ1) is 15.3. The van der Waals surface area contributed by atoms with Gasteiger partial charge in [-0.3, -0.25) is 9.69 Å². The number of nitrogens with zero attached hydrogens (tertiary/aromatic N) is 1. The number of rotatable bonds is 3. The third kappa shape index (κ3) is 3.42. The Morgan fingerprint density at radius 2 is 2.19 bits per heavy atom. The Hall–Kier alpha value is -0.610. The molecule has 21 heavy (non-hydrogen) atoms. The average Bonchev–Trinajstić information content (AvgIpc) is 3.06. The van der Waals surface area contributed by atoms with Crippen molar-refractivity contribution in [1.82, 2.24) is 15.5 Å². The molecule has 1 spiro atoms. The van der Waals surface area contributed by atoms with E-state index in [2.05, 4.69) is 29.4 Å². The molecular weight excluding hydrogens is 262 g/mol. The van der Waals surface area contributed by atoms with Gasteiger partial charge in [0.15, 0.2) is 0 Å². The van der Waals surface area contributed by atoms with Crippen molar-refractivity contribution in [2.45, 2.75) is 52.0 Å². The molecule has 2 N–H and O–H groups in total. The van der Waals surface area contributed by atoms with Crippen LogP contribution in [0.3, 0.4) is 0 Å². The number of likely N-dealkylation sites (tertiary alicyclic amines) is 1. The summed E-state index contributed by atoms with van der Waals surface area (Å²) in [6.45, 7) is 9.69. The first-order valence-corrected chi connectivity index (χ1v) is 8.80. The Bertz CT molecular complexity index is 378. The molecule has 120 valence electrons. The highest BCUT2D eigenvalue weighted by Crippen LogP contribution is 2.35. The second kappa shape index (κ2) is 6.25. The lowest BCUT2D eigenvalue weighted by atomic mass is 9.78. The maximum atomic E-state index is 12.4. The molecule has 4 atom stereocenters. The summed E-state index contributed by atoms with van der Waals surface area (Å²) < 4.78 is 0. The summed E-state index contributed by atoms with van der Waals surface area (Å²) in [6.07, 6.45) is 6.27. The van der Waals surface area contributed by atoms with Crippen LogP contribution in [-0.4, -0.2) is 49.6 Å². The highest BCUT2D eigenvalue weighted by molar-refractivity contribution is 5.78. The van der Waals surface area contributed by atoms with E-state index in [1.165, 1.54) is 25.7 Å². The van der Waals surface area contributed by atoms with E-state index in [1.807, 2.05) is 0 Å². The smallest absolute Gasteiger partial charge is 0.234 e. The van der Waals surface area contributed by atoms with Gasteiger partial charge in [-0.25, -0.2) is 0 Å². The first-order valence-electron chi connectivity index (χ1n) is 8.80. The molecule has 3 fully saturated rings. The summed E-state index contributed by atoms with van der Waals surface area (Å²) in [5.41, 5.74) is 0.465. The maximum Gasteiger partial charge on any atom is 0.234 e. The molecule has 0 aromatic carbocycles. The van der Waals surface area contributed by atoms with Crippen LogP contribution in [0, 0.1) is 17.3 Å². The fourth-order valence-electron chi connectivity index (χ4n) is 4.55. The van der Waals surface area contributed by atoms with Crippen LogP contribution in [0.25, 0.3) is 0 Å². The summed E-state index contributed by atoms with van der Waals surface area (Å²) in [5, 5.41) is 6.79. The zero-order chi connectivity index (χ0) is 14.9. The number of carbonyl (C=O) groups excluding carboxylic acids is 1. The van der Waals surface area contributed by atoms with Crippen LogP contribution in [0.4, 0.5) is 0 Å². The molecule has 2 heterocycles. The van der Waals surface area contributed by atoms with Gasteiger partial charge in [0.05, 0.1) is 6.54 Å². The monoisotopic (exact) mass is 293 g/mol. The van der Waals surface area contributed by atoms with Gasteiger partial charge in [-0.2, -0.15) is 0 Å². The highest BCUT2D eigenvalue weighted by atomic mass is 16.2. The van der Waals surface area contributed by atoms with Crippen LogP contribution in [0.2, 0.25) is 0 Å². The molecule has 1 saturated carbocycles. The lowest BCUT2D eigenvalue weighted by Gasteiger charge is -2.35. The predicted molar refractivity (Wildman–Crippen MR) is 85.1 cm³/mol. The molecule has 3 rings (SSSR count). The van der Waals surface area contributed by atoms with E-state index in [1.54, 1.807) is 0 Å². The molecule has 4 nitrogen and oxygen atoms in total. The summed E-state index contributed by atoms with van der Waals surface area (Å²) in [5.74, 6) is 1.60. The van der Waals surface area contributed by atoms with Crippen molar-refractivity contribution in [3.63, 3.8) is 0 Å². The summed E-state index contributed by atoms with van der Waals surface area (Å²) >= 11 is 0. The fraction of sp³-hybridized carbons (Fsp3) is 0.941. The molecule has 2 saturated heterocycles. The third-order valence-corrected chi connectivity index (χ3v) is 6.27. The van der Waals surface area contributed by atoms with Gasteiger partial charge in [-0.05, 0) is 49.6 Å². The zero-order valence-corrected chi connectivity index (χ0v) is 13.7. The molecule has 0 radical (unpaired) electrons. The second-order valence-corrected chi connectivity index (χ2v) is 7.83. The van der Waals surface area contributed by atoms with E-state index in [0.717, 1.165) is 38.5 Å². The van der Waals surface area contributed by atoms with E-state index in [0.29, 0.717) is 23.9 Å². The standard InChI is InChI=1S/C17H31N3O/c1-13-4-3-5-15(14(13)2)19-16(21)10-20-9-7-17(12-20)6-8-18-11-17/h13-15,18H,3-12H2,1-2H3,(H,19,21). The minimum Gasteiger partial charge on any atom is -0.352 e. The van der Waals surface area contributed by atoms with E-state index < -0.39 is 0 Å². The second-order valence-electron chi connectivity index (χ2n) is 7.83. The van der Waals surface area contributed by atoms with Crippen LogP contribution in [0.15, 0.2) is 0 Å². The van der Waals surface area contributed by atoms with Crippen LogP contribution in [-0.2, 0) is 4.79 Å². The molecule has 4 unspecified atom stereocenters. The van der Waals surface area contributed by atoms with Crippen molar-refractivity contribution in [3.05, 3.63) is 0 Å². The van der Waals surface area contributed by atoms with Gasteiger partial charge in [0.1, 0.15) is 0 Å². The highest BCUT2D eigenvalue weighted by Gasteiger charge is 2.40. The quantitative estimate of drug-likeness (QED) is 0.831. The van der Waals surface area contributed by atoms with E-state index in [9.17, 15) is 4.79 Å². The van der Waals surface area contributed by atoms with Gasteiger partial charge in [0.25, 0.3) is 0 Å². The average molecular weight is 293 g/mol. The molecule has 0 aromatic heterocycles. The number of hydrogen-bond acceptors (Lipinski definition) is 3. The van der Waals surface area contributed by atoms with Gasteiger partial charge in [0.2, 0.25) is 5.91 Å². The first-order chi connectivity index (χ1) is 10.1. The van der Waals surface area contributed by atoms with Crippen molar-refractivity contribution in [3.8, 4) is 0 Å². The normalized spacial score (nSPS) is 40.8. The van der Waals surface area contributed by atoms with Crippen molar-refractivity contribution < 1.29 is 4.79 Å². The summed E-state index contributed by atoms with van der Waals surface area (Å²) in [4.78, 5) is 14.7. The predicted octanol–water partition coefficient (Wildman–Crippen LogP) is 1.61. The van der Waals surface area contributed by atoms with Gasteiger partial charge in [-0.15, -0.1) is 0 Å². The fourth-order valence-corrected chi connectivity index (χ4v) is 4.55. The minimum atomic E-state index is 0.240. The Morgan fingerprint density at radius 1 is 1.33 bits per heavy atom. The van der Waals surface area contributed by atoms with E-state index in [4.69, 9.17) is 0 Å². The van der Waals surface area contributed by atoms with Crippen LogP contribution < -0.4 is 10.6 Å². The molecule has 0 aromatic rings. The minimum absolute atomic E-state index is 0.240. The summed E-state index contributed by atoms with van der Waals surface area (Å²) in [6, 6.07) is 0.394. The number of amides is 1. The SMILES string of the molecule is CC1CCCC(NC(=O)CN2CCC3(CCNC3)C2)C1C. The molecule has 2 aliphatic heterocycles. The Balaban J connectivity index is 1.46. The van der Waals surface area contributed by atoms with Gasteiger partial charge in [-0.1, -0.05) is 26.7 Å². The molecule has 4 heteroatoms. The molecule has 0 bridgehead atoms. The Labute approximate surface area is 129 Å². The van der Waals surface area contributed by atoms with E-state index in [-0.39, 0.29) is 5.91 Å². The largest absolute Gasteiger partial charge is 0.352 e. The lowest BCUT2D eigenvalue weighted by Crippen LogP contribution is -2.47. The summed E-state index contributed by atoms with van der Waals surface area (Å²) in [7, 11) is 0.